The van der Waals surface area contributed by atoms with Gasteiger partial charge >= 0.3 is 0 Å². The van der Waals surface area contributed by atoms with Crippen LogP contribution in [-0.2, 0) is 0 Å². The second kappa shape index (κ2) is 6.08. The van der Waals surface area contributed by atoms with Gasteiger partial charge in [0, 0.05) is 8.80 Å². The van der Waals surface area contributed by atoms with Crippen LogP contribution in [0.25, 0.3) is 0 Å². The lowest BCUT2D eigenvalue weighted by Gasteiger charge is -2.39. The van der Waals surface area contributed by atoms with Crippen molar-refractivity contribution in [3.05, 3.63) is 0 Å². The predicted octanol–water partition coefficient (Wildman–Crippen LogP) is 5.25. The molecule has 0 radical (unpaired) electrons. The van der Waals surface area contributed by atoms with Crippen LogP contribution in [0.4, 0.5) is 0 Å². The Bertz CT molecular complexity index is 166. The van der Waals surface area contributed by atoms with Crippen LogP contribution in [0.2, 0.25) is 17.6 Å². The van der Waals surface area contributed by atoms with E-state index in [9.17, 15) is 0 Å². The van der Waals surface area contributed by atoms with Crippen molar-refractivity contribution in [3.63, 3.8) is 0 Å². The Morgan fingerprint density at radius 1 is 0.800 bits per heavy atom. The van der Waals surface area contributed by atoms with E-state index in [4.69, 9.17) is 0 Å². The third-order valence-electron chi connectivity index (χ3n) is 5.31. The Labute approximate surface area is 99.5 Å². The fourth-order valence-corrected chi connectivity index (χ4v) is 6.41. The van der Waals surface area contributed by atoms with E-state index in [1.807, 2.05) is 0 Å². The molecule has 1 atom stereocenters. The molecule has 0 bridgehead atoms. The lowest BCUT2D eigenvalue weighted by molar-refractivity contribution is 0.330. The molecule has 0 heterocycles. The molecule has 1 unspecified atom stereocenters. The van der Waals surface area contributed by atoms with Crippen molar-refractivity contribution >= 4 is 8.80 Å². The molecule has 0 aromatic heterocycles. The van der Waals surface area contributed by atoms with Gasteiger partial charge in [0.1, 0.15) is 0 Å². The second-order valence-corrected chi connectivity index (χ2v) is 9.59. The van der Waals surface area contributed by atoms with Crippen LogP contribution in [0.15, 0.2) is 0 Å². The third kappa shape index (κ3) is 3.94. The standard InChI is InChI=1S/C14H32Si/c1-8-13(5,9-2)12-15(7)14(6,10-3)11-4/h15H,8-12H2,1-7H3. The zero-order valence-electron chi connectivity index (χ0n) is 12.1. The van der Waals surface area contributed by atoms with Crippen LogP contribution in [0.3, 0.4) is 0 Å². The van der Waals surface area contributed by atoms with E-state index in [0.717, 1.165) is 0 Å². The first-order valence-electron chi connectivity index (χ1n) is 6.87. The van der Waals surface area contributed by atoms with Gasteiger partial charge in [0.25, 0.3) is 0 Å². The molecule has 0 aromatic rings. The van der Waals surface area contributed by atoms with Gasteiger partial charge in [-0.2, -0.15) is 0 Å². The van der Waals surface area contributed by atoms with Gasteiger partial charge in [-0.1, -0.05) is 79.8 Å². The van der Waals surface area contributed by atoms with Crippen LogP contribution in [0.5, 0.6) is 0 Å². The Balaban J connectivity index is 4.52. The van der Waals surface area contributed by atoms with Crippen LogP contribution in [0, 0.1) is 5.41 Å². The summed E-state index contributed by atoms with van der Waals surface area (Å²) in [5.41, 5.74) is 0.622. The molecular weight excluding hydrogens is 196 g/mol. The summed E-state index contributed by atoms with van der Waals surface area (Å²) in [4.78, 5) is 0. The zero-order chi connectivity index (χ0) is 12.1. The summed E-state index contributed by atoms with van der Waals surface area (Å²) < 4.78 is 0. The summed E-state index contributed by atoms with van der Waals surface area (Å²) in [5, 5.41) is 0.686. The summed E-state index contributed by atoms with van der Waals surface area (Å²) in [5.74, 6) is 0. The van der Waals surface area contributed by atoms with Crippen LogP contribution in [0.1, 0.15) is 67.2 Å². The SMILES string of the molecule is CCC(C)(CC)C[SiH](C)C(C)(CC)CC. The van der Waals surface area contributed by atoms with E-state index in [1.54, 1.807) is 0 Å². The monoisotopic (exact) mass is 228 g/mol. The van der Waals surface area contributed by atoms with Crippen molar-refractivity contribution in [1.29, 1.82) is 0 Å². The second-order valence-electron chi connectivity index (χ2n) is 5.98. The first-order chi connectivity index (χ1) is 6.87. The topological polar surface area (TPSA) is 0 Å². The average molecular weight is 228 g/mol. The number of rotatable bonds is 7. The molecule has 0 N–H and O–H groups in total. The quantitative estimate of drug-likeness (QED) is 0.522. The molecule has 0 aliphatic carbocycles. The first kappa shape index (κ1) is 15.2. The zero-order valence-corrected chi connectivity index (χ0v) is 13.3. The van der Waals surface area contributed by atoms with Crippen LogP contribution >= 0.6 is 0 Å². The summed E-state index contributed by atoms with van der Waals surface area (Å²) in [6.07, 6.45) is 5.45. The maximum atomic E-state index is 2.59. The van der Waals surface area contributed by atoms with Gasteiger partial charge in [-0.05, 0) is 10.5 Å². The minimum atomic E-state index is -0.592. The summed E-state index contributed by atoms with van der Waals surface area (Å²) in [7, 11) is -0.592. The van der Waals surface area contributed by atoms with Crippen molar-refractivity contribution in [1.82, 2.24) is 0 Å². The minimum Gasteiger partial charge on any atom is -0.0716 e. The summed E-state index contributed by atoms with van der Waals surface area (Å²) in [6, 6.07) is 1.53. The molecule has 0 nitrogen and oxygen atoms in total. The minimum absolute atomic E-state index is 0.592. The molecule has 0 aliphatic heterocycles. The van der Waals surface area contributed by atoms with Crippen LogP contribution in [-0.4, -0.2) is 8.80 Å². The molecule has 1 heteroatoms. The molecule has 0 aliphatic rings. The Morgan fingerprint density at radius 3 is 1.47 bits per heavy atom. The van der Waals surface area contributed by atoms with E-state index in [0.29, 0.717) is 10.5 Å². The van der Waals surface area contributed by atoms with Gasteiger partial charge < -0.3 is 0 Å². The molecular formula is C14H32Si. The maximum absolute atomic E-state index is 2.59. The van der Waals surface area contributed by atoms with Gasteiger partial charge in [-0.25, -0.2) is 0 Å². The van der Waals surface area contributed by atoms with Crippen molar-refractivity contribution < 1.29 is 0 Å². The predicted molar refractivity (Wildman–Crippen MR) is 75.5 cm³/mol. The lowest BCUT2D eigenvalue weighted by Crippen LogP contribution is -2.32. The van der Waals surface area contributed by atoms with Gasteiger partial charge in [-0.3, -0.25) is 0 Å². The lowest BCUT2D eigenvalue weighted by atomic mass is 9.87. The van der Waals surface area contributed by atoms with Crippen molar-refractivity contribution in [2.45, 2.75) is 84.9 Å². The Kier molecular flexibility index (Phi) is 6.16. The Hall–Kier alpha value is 0.217. The van der Waals surface area contributed by atoms with Gasteiger partial charge in [0.2, 0.25) is 0 Å². The van der Waals surface area contributed by atoms with E-state index >= 15 is 0 Å². The van der Waals surface area contributed by atoms with Crippen LogP contribution < -0.4 is 0 Å². The van der Waals surface area contributed by atoms with Crippen molar-refractivity contribution in [3.8, 4) is 0 Å². The first-order valence-corrected chi connectivity index (χ1v) is 9.42. The maximum Gasteiger partial charge on any atom is 0.0404 e. The summed E-state index contributed by atoms with van der Waals surface area (Å²) in [6.45, 7) is 17.1. The average Bonchev–Trinajstić information content (AvgIpc) is 2.27. The molecule has 0 fully saturated rings. The molecule has 0 rings (SSSR count). The van der Waals surface area contributed by atoms with E-state index < -0.39 is 8.80 Å². The largest absolute Gasteiger partial charge is 0.0716 e. The third-order valence-corrected chi connectivity index (χ3v) is 10.1. The molecule has 15 heavy (non-hydrogen) atoms. The van der Waals surface area contributed by atoms with E-state index in [-0.39, 0.29) is 0 Å². The van der Waals surface area contributed by atoms with Gasteiger partial charge in [-0.15, -0.1) is 0 Å². The van der Waals surface area contributed by atoms with Gasteiger partial charge in [0.15, 0.2) is 0 Å². The Morgan fingerprint density at radius 2 is 1.20 bits per heavy atom. The highest BCUT2D eigenvalue weighted by Crippen LogP contribution is 2.44. The van der Waals surface area contributed by atoms with Gasteiger partial charge in [0.05, 0.1) is 0 Å². The highest BCUT2D eigenvalue weighted by Gasteiger charge is 2.33. The van der Waals surface area contributed by atoms with Crippen molar-refractivity contribution in [2.75, 3.05) is 0 Å². The molecule has 0 saturated carbocycles. The summed E-state index contributed by atoms with van der Waals surface area (Å²) >= 11 is 0. The highest BCUT2D eigenvalue weighted by atomic mass is 28.3. The fourth-order valence-electron chi connectivity index (χ4n) is 2.47. The number of hydrogen-bond donors (Lipinski definition) is 0. The molecule has 92 valence electrons. The molecule has 0 saturated heterocycles. The van der Waals surface area contributed by atoms with E-state index in [1.165, 1.54) is 31.7 Å². The van der Waals surface area contributed by atoms with E-state index in [2.05, 4.69) is 48.1 Å². The highest BCUT2D eigenvalue weighted by molar-refractivity contribution is 6.61. The molecule has 0 aromatic carbocycles. The number of hydrogen-bond acceptors (Lipinski definition) is 0. The van der Waals surface area contributed by atoms with Crippen molar-refractivity contribution in [2.24, 2.45) is 5.41 Å². The fraction of sp³-hybridized carbons (Fsp3) is 1.00. The normalized spacial score (nSPS) is 15.4. The smallest absolute Gasteiger partial charge is 0.0404 e. The molecule has 0 amide bonds. The molecule has 0 spiro atoms.